The summed E-state index contributed by atoms with van der Waals surface area (Å²) < 4.78 is 27.6. The van der Waals surface area contributed by atoms with E-state index in [0.717, 1.165) is 43.5 Å². The number of benzene rings is 1. The standard InChI is InChI=1S/C18H27N3O3S/c1-14(22)21-12-8-16-3-4-17(13-18(16)21)25(23,24)20-10-6-15(7-11-20)5-9-19-2/h3-4,13,15,19H,5-12H2,1-2H3. The smallest absolute Gasteiger partial charge is 0.243 e. The van der Waals surface area contributed by atoms with E-state index >= 15 is 0 Å². The highest BCUT2D eigenvalue weighted by Gasteiger charge is 2.31. The van der Waals surface area contributed by atoms with Crippen molar-refractivity contribution in [2.45, 2.75) is 37.5 Å². The maximum atomic E-state index is 13.0. The fraction of sp³-hybridized carbons (Fsp3) is 0.611. The largest absolute Gasteiger partial charge is 0.320 e. The number of piperidine rings is 1. The van der Waals surface area contributed by atoms with E-state index in [1.807, 2.05) is 13.1 Å². The van der Waals surface area contributed by atoms with E-state index in [0.29, 0.717) is 30.4 Å². The van der Waals surface area contributed by atoms with E-state index in [9.17, 15) is 13.2 Å². The van der Waals surface area contributed by atoms with Crippen LogP contribution in [0.3, 0.4) is 0 Å². The molecule has 2 aliphatic heterocycles. The van der Waals surface area contributed by atoms with Crippen molar-refractivity contribution >= 4 is 21.6 Å². The highest BCUT2D eigenvalue weighted by atomic mass is 32.2. The van der Waals surface area contributed by atoms with Gasteiger partial charge in [0.05, 0.1) is 4.90 Å². The zero-order chi connectivity index (χ0) is 18.0. The number of carbonyl (C=O) groups excluding carboxylic acids is 1. The lowest BCUT2D eigenvalue weighted by Crippen LogP contribution is -2.39. The monoisotopic (exact) mass is 365 g/mol. The summed E-state index contributed by atoms with van der Waals surface area (Å²) >= 11 is 0. The maximum absolute atomic E-state index is 13.0. The molecule has 0 saturated carbocycles. The molecule has 1 aromatic rings. The number of rotatable bonds is 5. The SMILES string of the molecule is CNCCC1CCN(S(=O)(=O)c2ccc3c(c2)N(C(C)=O)CC3)CC1. The second kappa shape index (κ2) is 7.43. The van der Waals surface area contributed by atoms with Crippen LogP contribution in [0.4, 0.5) is 5.69 Å². The molecule has 25 heavy (non-hydrogen) atoms. The van der Waals surface area contributed by atoms with Crippen molar-refractivity contribution in [3.05, 3.63) is 23.8 Å². The molecule has 0 atom stereocenters. The Hall–Kier alpha value is -1.44. The molecule has 0 aliphatic carbocycles. The topological polar surface area (TPSA) is 69.7 Å². The molecule has 1 aromatic carbocycles. The van der Waals surface area contributed by atoms with Gasteiger partial charge in [-0.3, -0.25) is 4.79 Å². The van der Waals surface area contributed by atoms with Gasteiger partial charge in [-0.25, -0.2) is 8.42 Å². The molecule has 7 heteroatoms. The van der Waals surface area contributed by atoms with Crippen LogP contribution in [0, 0.1) is 5.92 Å². The van der Waals surface area contributed by atoms with Gasteiger partial charge in [-0.15, -0.1) is 0 Å². The third kappa shape index (κ3) is 3.73. The summed E-state index contributed by atoms with van der Waals surface area (Å²) in [4.78, 5) is 13.7. The van der Waals surface area contributed by atoms with Gasteiger partial charge in [-0.05, 0) is 62.9 Å². The number of hydrogen-bond acceptors (Lipinski definition) is 4. The Labute approximate surface area is 150 Å². The Bertz CT molecular complexity index is 740. The highest BCUT2D eigenvalue weighted by Crippen LogP contribution is 2.32. The Balaban J connectivity index is 1.76. The first-order chi connectivity index (χ1) is 11.9. The normalized spacial score (nSPS) is 19.2. The first kappa shape index (κ1) is 18.4. The molecule has 0 radical (unpaired) electrons. The minimum atomic E-state index is -3.50. The van der Waals surface area contributed by atoms with Crippen molar-refractivity contribution < 1.29 is 13.2 Å². The van der Waals surface area contributed by atoms with Crippen LogP contribution in [0.1, 0.15) is 31.7 Å². The lowest BCUT2D eigenvalue weighted by Gasteiger charge is -2.31. The minimum Gasteiger partial charge on any atom is -0.320 e. The van der Waals surface area contributed by atoms with E-state index in [4.69, 9.17) is 0 Å². The zero-order valence-electron chi connectivity index (χ0n) is 15.0. The third-order valence-electron chi connectivity index (χ3n) is 5.35. The molecule has 3 rings (SSSR count). The van der Waals surface area contributed by atoms with Crippen LogP contribution in [-0.2, 0) is 21.2 Å². The maximum Gasteiger partial charge on any atom is 0.243 e. The van der Waals surface area contributed by atoms with Crippen molar-refractivity contribution in [3.63, 3.8) is 0 Å². The van der Waals surface area contributed by atoms with Gasteiger partial charge in [-0.2, -0.15) is 4.31 Å². The van der Waals surface area contributed by atoms with Crippen LogP contribution in [-0.4, -0.2) is 51.9 Å². The first-order valence-electron chi connectivity index (χ1n) is 8.99. The van der Waals surface area contributed by atoms with E-state index < -0.39 is 10.0 Å². The predicted molar refractivity (Wildman–Crippen MR) is 98.2 cm³/mol. The van der Waals surface area contributed by atoms with Crippen LogP contribution >= 0.6 is 0 Å². The van der Waals surface area contributed by atoms with Crippen molar-refractivity contribution in [1.29, 1.82) is 0 Å². The molecule has 0 spiro atoms. The second-order valence-corrected chi connectivity index (χ2v) is 8.89. The number of nitrogens with zero attached hydrogens (tertiary/aromatic N) is 2. The van der Waals surface area contributed by atoms with E-state index in [1.165, 1.54) is 6.92 Å². The van der Waals surface area contributed by atoms with Gasteiger partial charge in [0.15, 0.2) is 0 Å². The van der Waals surface area contributed by atoms with Gasteiger partial charge in [-0.1, -0.05) is 6.07 Å². The summed E-state index contributed by atoms with van der Waals surface area (Å²) in [5.74, 6) is 0.547. The number of hydrogen-bond donors (Lipinski definition) is 1. The molecule has 0 unspecified atom stereocenters. The van der Waals surface area contributed by atoms with Gasteiger partial charge in [0.25, 0.3) is 0 Å². The zero-order valence-corrected chi connectivity index (χ0v) is 15.8. The van der Waals surface area contributed by atoms with Gasteiger partial charge in [0.1, 0.15) is 0 Å². The molecule has 6 nitrogen and oxygen atoms in total. The molecule has 1 fully saturated rings. The van der Waals surface area contributed by atoms with Crippen molar-refractivity contribution in [3.8, 4) is 0 Å². The fourth-order valence-corrected chi connectivity index (χ4v) is 5.27. The van der Waals surface area contributed by atoms with Gasteiger partial charge >= 0.3 is 0 Å². The number of anilines is 1. The molecule has 0 aromatic heterocycles. The summed E-state index contributed by atoms with van der Waals surface area (Å²) in [5.41, 5.74) is 1.79. The molecular formula is C18H27N3O3S. The van der Waals surface area contributed by atoms with Crippen LogP contribution in [0.15, 0.2) is 23.1 Å². The van der Waals surface area contributed by atoms with Crippen LogP contribution in [0.25, 0.3) is 0 Å². The lowest BCUT2D eigenvalue weighted by molar-refractivity contribution is -0.116. The second-order valence-electron chi connectivity index (χ2n) is 6.95. The third-order valence-corrected chi connectivity index (χ3v) is 7.24. The minimum absolute atomic E-state index is 0.0429. The molecule has 1 saturated heterocycles. The quantitative estimate of drug-likeness (QED) is 0.861. The Morgan fingerprint density at radius 3 is 2.60 bits per heavy atom. The summed E-state index contributed by atoms with van der Waals surface area (Å²) in [6.07, 6.45) is 3.69. The molecule has 0 bridgehead atoms. The molecular weight excluding hydrogens is 338 g/mol. The molecule has 138 valence electrons. The molecule has 2 aliphatic rings. The summed E-state index contributed by atoms with van der Waals surface area (Å²) in [6.45, 7) is 4.27. The van der Waals surface area contributed by atoms with E-state index in [1.54, 1.807) is 21.3 Å². The lowest BCUT2D eigenvalue weighted by atomic mass is 9.95. The van der Waals surface area contributed by atoms with Crippen LogP contribution in [0.5, 0.6) is 0 Å². The average Bonchev–Trinajstić information content (AvgIpc) is 3.03. The predicted octanol–water partition coefficient (Wildman–Crippen LogP) is 1.61. The molecule has 1 N–H and O–H groups in total. The van der Waals surface area contributed by atoms with Crippen molar-refractivity contribution in [2.24, 2.45) is 5.92 Å². The Morgan fingerprint density at radius 2 is 1.96 bits per heavy atom. The van der Waals surface area contributed by atoms with Gasteiger partial charge < -0.3 is 10.2 Å². The molecule has 1 amide bonds. The number of nitrogens with one attached hydrogen (secondary N) is 1. The van der Waals surface area contributed by atoms with E-state index in [-0.39, 0.29) is 5.91 Å². The number of sulfonamides is 1. The van der Waals surface area contributed by atoms with Crippen molar-refractivity contribution in [2.75, 3.05) is 38.1 Å². The van der Waals surface area contributed by atoms with Crippen LogP contribution in [0.2, 0.25) is 0 Å². The Kier molecular flexibility index (Phi) is 5.46. The Morgan fingerprint density at radius 1 is 1.24 bits per heavy atom. The van der Waals surface area contributed by atoms with E-state index in [2.05, 4.69) is 5.32 Å². The highest BCUT2D eigenvalue weighted by molar-refractivity contribution is 7.89. The van der Waals surface area contributed by atoms with Crippen molar-refractivity contribution in [1.82, 2.24) is 9.62 Å². The summed E-state index contributed by atoms with van der Waals surface area (Å²) in [7, 11) is -1.55. The summed E-state index contributed by atoms with van der Waals surface area (Å²) in [5, 5.41) is 3.16. The van der Waals surface area contributed by atoms with Gasteiger partial charge in [0.2, 0.25) is 15.9 Å². The van der Waals surface area contributed by atoms with Crippen LogP contribution < -0.4 is 10.2 Å². The molecule has 2 heterocycles. The number of carbonyl (C=O) groups is 1. The first-order valence-corrected chi connectivity index (χ1v) is 10.4. The fourth-order valence-electron chi connectivity index (χ4n) is 3.78. The average molecular weight is 365 g/mol. The summed E-state index contributed by atoms with van der Waals surface area (Å²) in [6, 6.07) is 5.21. The van der Waals surface area contributed by atoms with Gasteiger partial charge in [0, 0.05) is 32.2 Å². The number of fused-ring (bicyclic) bond motifs is 1. The number of amides is 1.